The first-order valence-electron chi connectivity index (χ1n) is 4.23. The highest BCUT2D eigenvalue weighted by Crippen LogP contribution is 2.17. The van der Waals surface area contributed by atoms with E-state index in [4.69, 9.17) is 0 Å². The summed E-state index contributed by atoms with van der Waals surface area (Å²) >= 11 is 3.30. The maximum absolute atomic E-state index is 9.84. The molecule has 13 heavy (non-hydrogen) atoms. The molecule has 0 atom stereocenters. The van der Waals surface area contributed by atoms with Gasteiger partial charge in [-0.25, -0.2) is 4.98 Å². The largest absolute Gasteiger partial charge is 0.387 e. The van der Waals surface area contributed by atoms with Crippen LogP contribution in [0.4, 0.5) is 0 Å². The van der Waals surface area contributed by atoms with Gasteiger partial charge in [0.2, 0.25) is 0 Å². The number of β-amino-alcohol motifs (C(OH)–C–C–N with tert-alkyl or cyclic N) is 1. The first-order valence-corrected chi connectivity index (χ1v) is 5.02. The van der Waals surface area contributed by atoms with Crippen LogP contribution in [0.3, 0.4) is 0 Å². The quantitative estimate of drug-likeness (QED) is 0.752. The SMILES string of the molecule is OC1(Cc2cccc(Br)n2)CNC1. The Kier molecular flexibility index (Phi) is 2.36. The van der Waals surface area contributed by atoms with Crippen molar-refractivity contribution in [3.05, 3.63) is 28.5 Å². The molecule has 0 unspecified atom stereocenters. The molecule has 1 aromatic rings. The molecule has 1 aliphatic rings. The molecule has 2 N–H and O–H groups in total. The van der Waals surface area contributed by atoms with Gasteiger partial charge < -0.3 is 10.4 Å². The molecule has 0 saturated carbocycles. The number of aromatic nitrogens is 1. The Morgan fingerprint density at radius 1 is 1.54 bits per heavy atom. The van der Waals surface area contributed by atoms with Crippen LogP contribution in [0.5, 0.6) is 0 Å². The molecule has 0 amide bonds. The Labute approximate surface area is 85.3 Å². The Morgan fingerprint density at radius 2 is 2.31 bits per heavy atom. The number of hydrogen-bond donors (Lipinski definition) is 2. The molecule has 0 spiro atoms. The minimum Gasteiger partial charge on any atom is -0.387 e. The van der Waals surface area contributed by atoms with Crippen LogP contribution in [0.2, 0.25) is 0 Å². The van der Waals surface area contributed by atoms with Gasteiger partial charge in [-0.15, -0.1) is 0 Å². The van der Waals surface area contributed by atoms with Crippen molar-refractivity contribution in [2.45, 2.75) is 12.0 Å². The predicted octanol–water partition coefficient (Wildman–Crippen LogP) is 0.721. The molecular formula is C9H11BrN2O. The lowest BCUT2D eigenvalue weighted by Crippen LogP contribution is -2.60. The average Bonchev–Trinajstić information content (AvgIpc) is 2.01. The van der Waals surface area contributed by atoms with Crippen molar-refractivity contribution in [1.29, 1.82) is 0 Å². The predicted molar refractivity (Wildman–Crippen MR) is 53.5 cm³/mol. The summed E-state index contributed by atoms with van der Waals surface area (Å²) in [5.41, 5.74) is 0.353. The molecule has 4 heteroatoms. The summed E-state index contributed by atoms with van der Waals surface area (Å²) in [6.07, 6.45) is 0.624. The second-order valence-electron chi connectivity index (χ2n) is 3.46. The van der Waals surface area contributed by atoms with Gasteiger partial charge in [-0.1, -0.05) is 6.07 Å². The molecule has 3 nitrogen and oxygen atoms in total. The van der Waals surface area contributed by atoms with Crippen LogP contribution in [-0.2, 0) is 6.42 Å². The number of rotatable bonds is 2. The smallest absolute Gasteiger partial charge is 0.106 e. The summed E-state index contributed by atoms with van der Waals surface area (Å²) in [4.78, 5) is 4.27. The lowest BCUT2D eigenvalue weighted by atomic mass is 9.91. The molecule has 1 saturated heterocycles. The van der Waals surface area contributed by atoms with Crippen molar-refractivity contribution in [3.63, 3.8) is 0 Å². The molecule has 0 aromatic carbocycles. The monoisotopic (exact) mass is 242 g/mol. The van der Waals surface area contributed by atoms with Crippen LogP contribution < -0.4 is 5.32 Å². The lowest BCUT2D eigenvalue weighted by molar-refractivity contribution is -0.00983. The van der Waals surface area contributed by atoms with Gasteiger partial charge in [0.25, 0.3) is 0 Å². The zero-order chi connectivity index (χ0) is 9.31. The fraction of sp³-hybridized carbons (Fsp3) is 0.444. The van der Waals surface area contributed by atoms with Gasteiger partial charge in [-0.2, -0.15) is 0 Å². The highest BCUT2D eigenvalue weighted by molar-refractivity contribution is 9.10. The van der Waals surface area contributed by atoms with Crippen molar-refractivity contribution in [2.75, 3.05) is 13.1 Å². The Morgan fingerprint density at radius 3 is 2.85 bits per heavy atom. The van der Waals surface area contributed by atoms with Gasteiger partial charge in [0.15, 0.2) is 0 Å². The van der Waals surface area contributed by atoms with Crippen molar-refractivity contribution in [1.82, 2.24) is 10.3 Å². The summed E-state index contributed by atoms with van der Waals surface area (Å²) < 4.78 is 0.820. The Balaban J connectivity index is 2.09. The van der Waals surface area contributed by atoms with Gasteiger partial charge in [-0.05, 0) is 28.1 Å². The van der Waals surface area contributed by atoms with Crippen molar-refractivity contribution < 1.29 is 5.11 Å². The maximum Gasteiger partial charge on any atom is 0.106 e. The fourth-order valence-corrected chi connectivity index (χ4v) is 1.80. The number of pyridine rings is 1. The first-order chi connectivity index (χ1) is 6.18. The van der Waals surface area contributed by atoms with E-state index in [1.165, 1.54) is 0 Å². The number of hydrogen-bond acceptors (Lipinski definition) is 3. The van der Waals surface area contributed by atoms with Crippen LogP contribution in [0.1, 0.15) is 5.69 Å². The van der Waals surface area contributed by atoms with E-state index in [0.29, 0.717) is 19.5 Å². The zero-order valence-electron chi connectivity index (χ0n) is 7.13. The third kappa shape index (κ3) is 2.07. The van der Waals surface area contributed by atoms with Crippen LogP contribution in [0.15, 0.2) is 22.8 Å². The van der Waals surface area contributed by atoms with Crippen LogP contribution in [0, 0.1) is 0 Å². The van der Waals surface area contributed by atoms with E-state index in [9.17, 15) is 5.11 Å². The fourth-order valence-electron chi connectivity index (χ4n) is 1.42. The first kappa shape index (κ1) is 9.12. The summed E-state index contributed by atoms with van der Waals surface area (Å²) in [6, 6.07) is 5.75. The van der Waals surface area contributed by atoms with Gasteiger partial charge in [0.05, 0.1) is 5.60 Å². The maximum atomic E-state index is 9.84. The third-order valence-corrected chi connectivity index (χ3v) is 2.63. The average molecular weight is 243 g/mol. The standard InChI is InChI=1S/C9H11BrN2O/c10-8-3-1-2-7(12-8)4-9(13)5-11-6-9/h1-3,11,13H,4-6H2. The molecule has 2 rings (SSSR count). The van der Waals surface area contributed by atoms with Crippen molar-refractivity contribution >= 4 is 15.9 Å². The normalized spacial score (nSPS) is 19.5. The van der Waals surface area contributed by atoms with E-state index in [0.717, 1.165) is 10.3 Å². The van der Waals surface area contributed by atoms with Gasteiger partial charge in [0, 0.05) is 25.2 Å². The number of nitrogens with zero attached hydrogens (tertiary/aromatic N) is 1. The second-order valence-corrected chi connectivity index (χ2v) is 4.27. The number of nitrogens with one attached hydrogen (secondary N) is 1. The van der Waals surface area contributed by atoms with Gasteiger partial charge in [0.1, 0.15) is 4.60 Å². The van der Waals surface area contributed by atoms with E-state index < -0.39 is 5.60 Å². The van der Waals surface area contributed by atoms with Crippen molar-refractivity contribution in [3.8, 4) is 0 Å². The van der Waals surface area contributed by atoms with E-state index in [-0.39, 0.29) is 0 Å². The Hall–Kier alpha value is -0.450. The molecular weight excluding hydrogens is 232 g/mol. The molecule has 0 aliphatic carbocycles. The van der Waals surface area contributed by atoms with E-state index >= 15 is 0 Å². The topological polar surface area (TPSA) is 45.2 Å². The van der Waals surface area contributed by atoms with Crippen LogP contribution in [-0.4, -0.2) is 28.8 Å². The molecule has 1 aliphatic heterocycles. The molecule has 0 radical (unpaired) electrons. The van der Waals surface area contributed by atoms with Crippen LogP contribution >= 0.6 is 15.9 Å². The lowest BCUT2D eigenvalue weighted by Gasteiger charge is -2.37. The summed E-state index contributed by atoms with van der Waals surface area (Å²) in [7, 11) is 0. The van der Waals surface area contributed by atoms with Gasteiger partial charge in [-0.3, -0.25) is 0 Å². The highest BCUT2D eigenvalue weighted by Gasteiger charge is 2.34. The van der Waals surface area contributed by atoms with Crippen LogP contribution in [0.25, 0.3) is 0 Å². The third-order valence-electron chi connectivity index (χ3n) is 2.19. The van der Waals surface area contributed by atoms with E-state index in [1.807, 2.05) is 18.2 Å². The Bertz CT molecular complexity index is 312. The van der Waals surface area contributed by atoms with E-state index in [2.05, 4.69) is 26.2 Å². The summed E-state index contributed by atoms with van der Waals surface area (Å²) in [6.45, 7) is 1.34. The second kappa shape index (κ2) is 3.36. The molecule has 1 aromatic heterocycles. The van der Waals surface area contributed by atoms with Gasteiger partial charge >= 0.3 is 0 Å². The summed E-state index contributed by atoms with van der Waals surface area (Å²) in [5, 5.41) is 12.9. The summed E-state index contributed by atoms with van der Waals surface area (Å²) in [5.74, 6) is 0. The minimum absolute atomic E-state index is 0.576. The highest BCUT2D eigenvalue weighted by atomic mass is 79.9. The number of aliphatic hydroxyl groups is 1. The number of halogens is 1. The van der Waals surface area contributed by atoms with E-state index in [1.54, 1.807) is 0 Å². The van der Waals surface area contributed by atoms with Crippen molar-refractivity contribution in [2.24, 2.45) is 0 Å². The molecule has 0 bridgehead atoms. The molecule has 2 heterocycles. The molecule has 1 fully saturated rings. The minimum atomic E-state index is -0.576. The molecule has 70 valence electrons. The zero-order valence-corrected chi connectivity index (χ0v) is 8.71.